The highest BCUT2D eigenvalue weighted by atomic mass is 19.4. The lowest BCUT2D eigenvalue weighted by molar-refractivity contribution is -0.183. The number of hydrogen-bond acceptors (Lipinski definition) is 2. The van der Waals surface area contributed by atoms with Gasteiger partial charge in [0.1, 0.15) is 5.75 Å². The van der Waals surface area contributed by atoms with Crippen LogP contribution in [0.5, 0.6) is 5.75 Å². The molecule has 132 valence electrons. The molecule has 1 amide bonds. The molecular formula is C18H22F3NO2. The Morgan fingerprint density at radius 1 is 1.38 bits per heavy atom. The Bertz CT molecular complexity index is 611. The van der Waals surface area contributed by atoms with Crippen LogP contribution >= 0.6 is 0 Å². The quantitative estimate of drug-likeness (QED) is 0.806. The smallest absolute Gasteiger partial charge is 0.471 e. The maximum Gasteiger partial charge on any atom is 0.471 e. The van der Waals surface area contributed by atoms with Gasteiger partial charge < -0.3 is 9.64 Å². The molecule has 0 aliphatic heterocycles. The number of nitrogens with zero attached hydrogens (tertiary/aromatic N) is 1. The number of fused-ring (bicyclic) bond motifs is 1. The molecule has 0 heterocycles. The summed E-state index contributed by atoms with van der Waals surface area (Å²) in [6, 6.07) is 5.89. The average molecular weight is 341 g/mol. The predicted octanol–water partition coefficient (Wildman–Crippen LogP) is 4.11. The number of carbonyl (C=O) groups excluding carboxylic acids is 1. The SMILES string of the molecule is C/C=C/N(CC1CCc2ccc(OCC)cc2C1)C(=O)C(F)(F)F. The summed E-state index contributed by atoms with van der Waals surface area (Å²) in [5.74, 6) is -1.04. The Balaban J connectivity index is 2.10. The maximum atomic E-state index is 12.7. The van der Waals surface area contributed by atoms with Gasteiger partial charge in [-0.3, -0.25) is 4.79 Å². The summed E-state index contributed by atoms with van der Waals surface area (Å²) >= 11 is 0. The van der Waals surface area contributed by atoms with Crippen LogP contribution in [0.3, 0.4) is 0 Å². The molecule has 0 aromatic heterocycles. The number of aryl methyl sites for hydroxylation is 1. The van der Waals surface area contributed by atoms with Crippen LogP contribution in [0.4, 0.5) is 13.2 Å². The topological polar surface area (TPSA) is 29.5 Å². The summed E-state index contributed by atoms with van der Waals surface area (Å²) < 4.78 is 43.6. The van der Waals surface area contributed by atoms with Gasteiger partial charge in [0.15, 0.2) is 0 Å². The van der Waals surface area contributed by atoms with E-state index >= 15 is 0 Å². The predicted molar refractivity (Wildman–Crippen MR) is 85.7 cm³/mol. The van der Waals surface area contributed by atoms with E-state index in [0.29, 0.717) is 13.0 Å². The van der Waals surface area contributed by atoms with Crippen LogP contribution in [0.25, 0.3) is 0 Å². The highest BCUT2D eigenvalue weighted by Gasteiger charge is 2.42. The van der Waals surface area contributed by atoms with E-state index in [4.69, 9.17) is 4.74 Å². The Morgan fingerprint density at radius 3 is 2.75 bits per heavy atom. The molecule has 1 aliphatic rings. The van der Waals surface area contributed by atoms with E-state index in [2.05, 4.69) is 0 Å². The first-order valence-corrected chi connectivity index (χ1v) is 8.10. The van der Waals surface area contributed by atoms with Gasteiger partial charge in [0.2, 0.25) is 0 Å². The van der Waals surface area contributed by atoms with Crippen molar-refractivity contribution in [1.29, 1.82) is 0 Å². The number of benzene rings is 1. The number of alkyl halides is 3. The molecule has 6 heteroatoms. The van der Waals surface area contributed by atoms with E-state index in [-0.39, 0.29) is 12.5 Å². The minimum Gasteiger partial charge on any atom is -0.494 e. The van der Waals surface area contributed by atoms with Gasteiger partial charge in [-0.15, -0.1) is 0 Å². The molecule has 1 aromatic rings. The van der Waals surface area contributed by atoms with Gasteiger partial charge in [0.25, 0.3) is 0 Å². The van der Waals surface area contributed by atoms with Crippen LogP contribution < -0.4 is 4.74 Å². The molecule has 1 aliphatic carbocycles. The van der Waals surface area contributed by atoms with Crippen molar-refractivity contribution in [3.63, 3.8) is 0 Å². The summed E-state index contributed by atoms with van der Waals surface area (Å²) in [6.45, 7) is 4.14. The molecule has 0 bridgehead atoms. The number of hydrogen-bond donors (Lipinski definition) is 0. The number of amides is 1. The Hall–Kier alpha value is -1.98. The fourth-order valence-electron chi connectivity index (χ4n) is 3.05. The molecule has 0 radical (unpaired) electrons. The van der Waals surface area contributed by atoms with Crippen LogP contribution in [0.1, 0.15) is 31.4 Å². The van der Waals surface area contributed by atoms with Gasteiger partial charge in [0.05, 0.1) is 6.61 Å². The zero-order chi connectivity index (χ0) is 17.7. The summed E-state index contributed by atoms with van der Waals surface area (Å²) in [5, 5.41) is 0. The first-order valence-electron chi connectivity index (χ1n) is 8.10. The highest BCUT2D eigenvalue weighted by molar-refractivity contribution is 5.82. The number of rotatable bonds is 5. The lowest BCUT2D eigenvalue weighted by Gasteiger charge is -2.29. The molecule has 1 atom stereocenters. The summed E-state index contributed by atoms with van der Waals surface area (Å²) in [5.41, 5.74) is 2.30. The second-order valence-electron chi connectivity index (χ2n) is 5.91. The van der Waals surface area contributed by atoms with E-state index in [9.17, 15) is 18.0 Å². The Labute approximate surface area is 140 Å². The number of halogens is 3. The van der Waals surface area contributed by atoms with E-state index < -0.39 is 12.1 Å². The first kappa shape index (κ1) is 18.4. The maximum absolute atomic E-state index is 12.7. The van der Waals surface area contributed by atoms with E-state index in [1.54, 1.807) is 6.92 Å². The van der Waals surface area contributed by atoms with E-state index in [1.165, 1.54) is 17.8 Å². The van der Waals surface area contributed by atoms with Crippen molar-refractivity contribution in [2.75, 3.05) is 13.2 Å². The van der Waals surface area contributed by atoms with Crippen molar-refractivity contribution in [3.8, 4) is 5.75 Å². The van der Waals surface area contributed by atoms with Gasteiger partial charge in [-0.05, 0) is 62.3 Å². The minimum absolute atomic E-state index is 0.00289. The third kappa shape index (κ3) is 4.52. The van der Waals surface area contributed by atoms with Gasteiger partial charge >= 0.3 is 12.1 Å². The third-order valence-corrected chi connectivity index (χ3v) is 4.11. The molecule has 3 nitrogen and oxygen atoms in total. The van der Waals surface area contributed by atoms with Crippen LogP contribution in [0.15, 0.2) is 30.5 Å². The normalized spacial score (nSPS) is 17.6. The molecule has 1 unspecified atom stereocenters. The lowest BCUT2D eigenvalue weighted by atomic mass is 9.83. The highest BCUT2D eigenvalue weighted by Crippen LogP contribution is 2.30. The average Bonchev–Trinajstić information content (AvgIpc) is 2.53. The fraction of sp³-hybridized carbons (Fsp3) is 0.500. The number of ether oxygens (including phenoxy) is 1. The van der Waals surface area contributed by atoms with Gasteiger partial charge in [-0.25, -0.2) is 0 Å². The second-order valence-corrected chi connectivity index (χ2v) is 5.91. The van der Waals surface area contributed by atoms with Crippen molar-refractivity contribution >= 4 is 5.91 Å². The summed E-state index contributed by atoms with van der Waals surface area (Å²) in [6.07, 6.45) is 0.0235. The monoisotopic (exact) mass is 341 g/mol. The Kier molecular flexibility index (Phi) is 5.91. The Morgan fingerprint density at radius 2 is 2.12 bits per heavy atom. The van der Waals surface area contributed by atoms with E-state index in [0.717, 1.165) is 29.1 Å². The molecule has 0 fully saturated rings. The zero-order valence-corrected chi connectivity index (χ0v) is 13.9. The van der Waals surface area contributed by atoms with Crippen LogP contribution in [-0.2, 0) is 17.6 Å². The van der Waals surface area contributed by atoms with Crippen molar-refractivity contribution in [1.82, 2.24) is 4.90 Å². The van der Waals surface area contributed by atoms with Crippen LogP contribution in [-0.4, -0.2) is 30.1 Å². The van der Waals surface area contributed by atoms with Gasteiger partial charge in [-0.1, -0.05) is 12.1 Å². The largest absolute Gasteiger partial charge is 0.494 e. The van der Waals surface area contributed by atoms with Crippen molar-refractivity contribution in [3.05, 3.63) is 41.6 Å². The lowest BCUT2D eigenvalue weighted by Crippen LogP contribution is -2.41. The van der Waals surface area contributed by atoms with Gasteiger partial charge in [-0.2, -0.15) is 13.2 Å². The molecule has 1 aromatic carbocycles. The molecule has 24 heavy (non-hydrogen) atoms. The summed E-state index contributed by atoms with van der Waals surface area (Å²) in [4.78, 5) is 12.3. The van der Waals surface area contributed by atoms with Crippen LogP contribution in [0, 0.1) is 5.92 Å². The second kappa shape index (κ2) is 7.73. The van der Waals surface area contributed by atoms with Gasteiger partial charge in [0, 0.05) is 12.7 Å². The van der Waals surface area contributed by atoms with E-state index in [1.807, 2.05) is 25.1 Å². The van der Waals surface area contributed by atoms with Crippen molar-refractivity contribution in [2.45, 2.75) is 39.3 Å². The molecular weight excluding hydrogens is 319 g/mol. The first-order chi connectivity index (χ1) is 11.3. The van der Waals surface area contributed by atoms with Crippen molar-refractivity contribution in [2.24, 2.45) is 5.92 Å². The number of carbonyl (C=O) groups is 1. The minimum atomic E-state index is -4.85. The molecule has 0 saturated carbocycles. The third-order valence-electron chi connectivity index (χ3n) is 4.11. The standard InChI is InChI=1S/C18H22F3NO2/c1-3-9-22(17(23)18(19,20)21)12-13-5-6-14-7-8-16(24-4-2)11-15(14)10-13/h3,7-9,11,13H,4-6,10,12H2,1-2H3/b9-3+. The summed E-state index contributed by atoms with van der Waals surface area (Å²) in [7, 11) is 0. The molecule has 2 rings (SSSR count). The molecule has 0 N–H and O–H groups in total. The number of allylic oxidation sites excluding steroid dienone is 1. The fourth-order valence-corrected chi connectivity index (χ4v) is 3.05. The zero-order valence-electron chi connectivity index (χ0n) is 13.9. The molecule has 0 saturated heterocycles. The molecule has 0 spiro atoms. The van der Waals surface area contributed by atoms with Crippen molar-refractivity contribution < 1.29 is 22.7 Å². The van der Waals surface area contributed by atoms with Crippen LogP contribution in [0.2, 0.25) is 0 Å².